The van der Waals surface area contributed by atoms with E-state index in [0.717, 1.165) is 43.7 Å². The van der Waals surface area contributed by atoms with Gasteiger partial charge in [-0.25, -0.2) is 9.56 Å². The molecule has 1 unspecified atom stereocenters. The largest absolute Gasteiger partial charge is 0.481 e. The number of likely N-dealkylation sites (tertiary alicyclic amines) is 1. The minimum atomic E-state index is -4.25. The molecular formula is C28H34F3N4O3+. The molecule has 3 aliphatic rings. The molecule has 1 aromatic heterocycles. The quantitative estimate of drug-likeness (QED) is 0.308. The first-order chi connectivity index (χ1) is 17.9. The summed E-state index contributed by atoms with van der Waals surface area (Å²) < 4.78 is 48.6. The number of piperidine rings is 1. The summed E-state index contributed by atoms with van der Waals surface area (Å²) in [5.74, 6) is 0.328. The molecule has 5 rings (SSSR count). The fourth-order valence-electron chi connectivity index (χ4n) is 5.71. The van der Waals surface area contributed by atoms with Gasteiger partial charge in [0.15, 0.2) is 0 Å². The van der Waals surface area contributed by atoms with Gasteiger partial charge in [0.2, 0.25) is 0 Å². The van der Waals surface area contributed by atoms with Crippen molar-refractivity contribution in [1.29, 1.82) is 0 Å². The van der Waals surface area contributed by atoms with Crippen LogP contribution >= 0.6 is 0 Å². The molecule has 3 fully saturated rings. The van der Waals surface area contributed by atoms with E-state index < -0.39 is 23.5 Å². The number of carboxylic acids is 1. The summed E-state index contributed by atoms with van der Waals surface area (Å²) in [5, 5.41) is 9.24. The summed E-state index contributed by atoms with van der Waals surface area (Å²) in [6.45, 7) is 7.79. The molecule has 2 aliphatic heterocycles. The molecule has 204 valence electrons. The molecule has 38 heavy (non-hydrogen) atoms. The number of allylic oxidation sites excluding steroid dienone is 3. The molecule has 10 heteroatoms. The molecule has 1 aromatic carbocycles. The minimum Gasteiger partial charge on any atom is -0.481 e. The average molecular weight is 532 g/mol. The molecule has 1 aliphatic carbocycles. The van der Waals surface area contributed by atoms with Crippen molar-refractivity contribution in [3.63, 3.8) is 0 Å². The minimum absolute atomic E-state index is 0.126. The van der Waals surface area contributed by atoms with Crippen molar-refractivity contribution in [2.45, 2.75) is 62.6 Å². The molecule has 1 saturated carbocycles. The lowest BCUT2D eigenvalue weighted by Gasteiger charge is -2.43. The number of aliphatic carboxylic acids is 1. The Labute approximate surface area is 219 Å². The lowest BCUT2D eigenvalue weighted by Crippen LogP contribution is -2.50. The van der Waals surface area contributed by atoms with Crippen LogP contribution in [0.25, 0.3) is 16.6 Å². The second-order valence-electron chi connectivity index (χ2n) is 11.0. The van der Waals surface area contributed by atoms with Crippen molar-refractivity contribution in [3.8, 4) is 0 Å². The van der Waals surface area contributed by atoms with Crippen LogP contribution in [0.4, 0.5) is 13.2 Å². The molecular weight excluding hydrogens is 497 g/mol. The van der Waals surface area contributed by atoms with Gasteiger partial charge in [-0.2, -0.15) is 13.2 Å². The van der Waals surface area contributed by atoms with E-state index in [1.54, 1.807) is 22.8 Å². The van der Waals surface area contributed by atoms with Crippen LogP contribution in [0.1, 0.15) is 56.8 Å². The first-order valence-corrected chi connectivity index (χ1v) is 13.0. The maximum Gasteiger partial charge on any atom is 0.398 e. The van der Waals surface area contributed by atoms with E-state index in [2.05, 4.69) is 21.6 Å². The highest BCUT2D eigenvalue weighted by atomic mass is 19.4. The van der Waals surface area contributed by atoms with Gasteiger partial charge < -0.3 is 14.8 Å². The molecule has 2 saturated heterocycles. The molecule has 0 radical (unpaired) electrons. The highest BCUT2D eigenvalue weighted by Gasteiger charge is 2.64. The third-order valence-corrected chi connectivity index (χ3v) is 8.46. The van der Waals surface area contributed by atoms with Gasteiger partial charge in [-0.15, -0.1) is 0 Å². The van der Waals surface area contributed by atoms with E-state index in [0.29, 0.717) is 28.8 Å². The van der Waals surface area contributed by atoms with Crippen LogP contribution in [0.15, 0.2) is 36.2 Å². The van der Waals surface area contributed by atoms with Gasteiger partial charge in [0.05, 0.1) is 61.4 Å². The van der Waals surface area contributed by atoms with Gasteiger partial charge in [-0.3, -0.25) is 9.69 Å². The summed E-state index contributed by atoms with van der Waals surface area (Å²) in [4.78, 5) is 21.3. The highest BCUT2D eigenvalue weighted by molar-refractivity contribution is 5.80. The van der Waals surface area contributed by atoms with Crippen molar-refractivity contribution >= 4 is 29.3 Å². The molecule has 2 N–H and O–H groups in total. The Morgan fingerprint density at radius 3 is 2.50 bits per heavy atom. The second-order valence-corrected chi connectivity index (χ2v) is 11.0. The fraction of sp³-hybridized carbons (Fsp3) is 0.536. The van der Waals surface area contributed by atoms with Gasteiger partial charge in [0.25, 0.3) is 5.82 Å². The molecule has 3 heterocycles. The van der Waals surface area contributed by atoms with Crippen molar-refractivity contribution in [2.24, 2.45) is 5.92 Å². The summed E-state index contributed by atoms with van der Waals surface area (Å²) in [5.41, 5.74) is 0.394. The molecule has 1 spiro atoms. The summed E-state index contributed by atoms with van der Waals surface area (Å²) in [6, 6.07) is 4.79. The Balaban J connectivity index is 1.29. The fourth-order valence-corrected chi connectivity index (χ4v) is 5.71. The number of hydrogen-bond acceptors (Lipinski definition) is 4. The number of nitrogens with zero attached hydrogens (tertiary/aromatic N) is 3. The molecule has 0 amide bonds. The molecule has 2 aromatic rings. The number of halogens is 3. The van der Waals surface area contributed by atoms with Gasteiger partial charge >= 0.3 is 12.1 Å². The van der Waals surface area contributed by atoms with Crippen LogP contribution in [0.5, 0.6) is 0 Å². The third kappa shape index (κ3) is 4.86. The number of fused-ring (bicyclic) bond motifs is 1. The van der Waals surface area contributed by atoms with Crippen LogP contribution in [0, 0.1) is 5.92 Å². The van der Waals surface area contributed by atoms with Gasteiger partial charge in [-0.1, -0.05) is 6.07 Å². The number of H-pyrrole nitrogens is 1. The summed E-state index contributed by atoms with van der Waals surface area (Å²) in [6.07, 6.45) is 2.95. The van der Waals surface area contributed by atoms with Crippen LogP contribution in [0.2, 0.25) is 0 Å². The van der Waals surface area contributed by atoms with Crippen molar-refractivity contribution < 1.29 is 32.4 Å². The predicted molar refractivity (Wildman–Crippen MR) is 138 cm³/mol. The number of alkyl halides is 3. The number of hydrogen-bond donors (Lipinski definition) is 2. The Bertz CT molecular complexity index is 1300. The molecule has 0 bridgehead atoms. The van der Waals surface area contributed by atoms with E-state index in [-0.39, 0.29) is 25.0 Å². The molecule has 7 nitrogen and oxygen atoms in total. The van der Waals surface area contributed by atoms with Gasteiger partial charge in [0, 0.05) is 18.9 Å². The maximum atomic E-state index is 13.6. The molecule has 1 atom stereocenters. The Morgan fingerprint density at radius 1 is 1.24 bits per heavy atom. The smallest absolute Gasteiger partial charge is 0.398 e. The standard InChI is InChI=1S/C28H33F3N4O3/c1-18(24-32-21-6-5-20(16-22(21)33-24)27(10-11-27)28(29,30)31)4-7-23(34(2)3)35-14-12-26(13-15-35)9-8-19(17-38-26)25(36)37/h4-7,16,19H,2,8-15,17H2,1,3H3,(H-,32,33,36,37)/p+1. The van der Waals surface area contributed by atoms with E-state index in [4.69, 9.17) is 4.74 Å². The van der Waals surface area contributed by atoms with Crippen molar-refractivity contribution in [3.05, 3.63) is 47.6 Å². The number of carbonyl (C=O) groups is 1. The number of nitrogens with one attached hydrogen (secondary N) is 1. The maximum absolute atomic E-state index is 13.6. The van der Waals surface area contributed by atoms with Crippen molar-refractivity contribution in [2.75, 3.05) is 26.7 Å². The Hall–Kier alpha value is -3.14. The van der Waals surface area contributed by atoms with Crippen LogP contribution in [-0.2, 0) is 14.9 Å². The first kappa shape index (κ1) is 26.5. The number of ether oxygens (including phenoxy) is 1. The lowest BCUT2D eigenvalue weighted by atomic mass is 9.82. The van der Waals surface area contributed by atoms with Crippen LogP contribution in [0.3, 0.4) is 0 Å². The first-order valence-electron chi connectivity index (χ1n) is 13.0. The normalized spacial score (nSPS) is 23.6. The zero-order chi connectivity index (χ0) is 27.3. The Kier molecular flexibility index (Phi) is 6.65. The lowest BCUT2D eigenvalue weighted by molar-refractivity contribution is -0.456. The van der Waals surface area contributed by atoms with Gasteiger partial charge in [-0.05, 0) is 62.0 Å². The highest BCUT2D eigenvalue weighted by Crippen LogP contribution is 2.59. The number of imidazole rings is 1. The SMILES string of the molecule is C=[N+](C)C(=CC=C(C)c1nc2ccc(C3(C(F)(F)F)CC3)cc2[nH]1)N1CCC2(CCC(C(=O)O)CO2)CC1. The summed E-state index contributed by atoms with van der Waals surface area (Å²) in [7, 11) is 1.88. The third-order valence-electron chi connectivity index (χ3n) is 8.46. The zero-order valence-electron chi connectivity index (χ0n) is 21.8. The number of aromatic nitrogens is 2. The van der Waals surface area contributed by atoms with Crippen LogP contribution in [-0.4, -0.2) is 75.8 Å². The van der Waals surface area contributed by atoms with Gasteiger partial charge in [0.1, 0.15) is 5.82 Å². The number of benzene rings is 1. The topological polar surface area (TPSA) is 81.5 Å². The monoisotopic (exact) mass is 531 g/mol. The number of rotatable bonds is 6. The van der Waals surface area contributed by atoms with E-state index in [1.807, 2.05) is 26.1 Å². The van der Waals surface area contributed by atoms with E-state index in [1.165, 1.54) is 0 Å². The van der Waals surface area contributed by atoms with Crippen LogP contribution < -0.4 is 0 Å². The predicted octanol–water partition coefficient (Wildman–Crippen LogP) is 5.09. The second kappa shape index (κ2) is 9.55. The zero-order valence-corrected chi connectivity index (χ0v) is 21.8. The Morgan fingerprint density at radius 2 is 1.95 bits per heavy atom. The van der Waals surface area contributed by atoms with E-state index in [9.17, 15) is 23.1 Å². The average Bonchev–Trinajstić information content (AvgIpc) is 3.59. The number of carboxylic acid groups (broad SMARTS) is 1. The van der Waals surface area contributed by atoms with Crippen molar-refractivity contribution in [1.82, 2.24) is 14.9 Å². The summed E-state index contributed by atoms with van der Waals surface area (Å²) >= 11 is 0. The van der Waals surface area contributed by atoms with E-state index >= 15 is 0 Å². The number of aromatic amines is 1.